The molecule has 0 aliphatic rings. The molecule has 0 bridgehead atoms. The molecule has 0 aliphatic carbocycles. The van der Waals surface area contributed by atoms with Crippen LogP contribution >= 0.6 is 11.6 Å². The lowest BCUT2D eigenvalue weighted by Gasteiger charge is -2.09. The Hall–Kier alpha value is -3.89. The van der Waals surface area contributed by atoms with Gasteiger partial charge in [0.05, 0.1) is 10.9 Å². The van der Waals surface area contributed by atoms with E-state index in [1.165, 1.54) is 6.07 Å². The Balaban J connectivity index is 1.74. The van der Waals surface area contributed by atoms with Gasteiger partial charge >= 0.3 is 0 Å². The Morgan fingerprint density at radius 2 is 1.67 bits per heavy atom. The molecule has 5 rings (SSSR count). The van der Waals surface area contributed by atoms with Crippen molar-refractivity contribution in [2.45, 2.75) is 13.8 Å². The molecule has 4 nitrogen and oxygen atoms in total. The van der Waals surface area contributed by atoms with Gasteiger partial charge in [-0.05, 0) is 61.9 Å². The minimum absolute atomic E-state index is 0.0490. The van der Waals surface area contributed by atoms with E-state index in [0.717, 1.165) is 27.8 Å². The number of fused-ring (bicyclic) bond motifs is 2. The third kappa shape index (κ3) is 3.79. The molecule has 2 aromatic heterocycles. The molecule has 0 unspecified atom stereocenters. The van der Waals surface area contributed by atoms with Crippen LogP contribution in [0.3, 0.4) is 0 Å². The molecule has 0 spiro atoms. The maximum atomic E-state index is 13.0. The molecule has 0 aliphatic heterocycles. The first-order valence-electron chi connectivity index (χ1n) is 10.6. The lowest BCUT2D eigenvalue weighted by atomic mass is 10.1. The summed E-state index contributed by atoms with van der Waals surface area (Å²) in [6.45, 7) is 3.45. The normalized spacial score (nSPS) is 11.6. The summed E-state index contributed by atoms with van der Waals surface area (Å²) in [5.74, 6) is 0.404. The first kappa shape index (κ1) is 21.0. The number of carbonyl (C=O) groups is 1. The average molecular weight is 454 g/mol. The number of hydrogen-bond acceptors (Lipinski definition) is 3. The Morgan fingerprint density at radius 1 is 0.939 bits per heavy atom. The monoisotopic (exact) mass is 453 g/mol. The lowest BCUT2D eigenvalue weighted by molar-refractivity contribution is 0.101. The highest BCUT2D eigenvalue weighted by atomic mass is 35.5. The van der Waals surface area contributed by atoms with Crippen molar-refractivity contribution in [3.05, 3.63) is 111 Å². The molecule has 0 N–H and O–H groups in total. The van der Waals surface area contributed by atoms with Crippen LogP contribution in [0.4, 0.5) is 0 Å². The Morgan fingerprint density at radius 3 is 2.36 bits per heavy atom. The summed E-state index contributed by atoms with van der Waals surface area (Å²) in [6.07, 6.45) is 3.67. The summed E-state index contributed by atoms with van der Waals surface area (Å²) in [6, 6.07) is 22.3. The fourth-order valence-electron chi connectivity index (χ4n) is 4.27. The predicted molar refractivity (Wildman–Crippen MR) is 134 cm³/mol. The molecular weight excluding hydrogens is 434 g/mol. The topological polar surface area (TPSA) is 52.2 Å². The van der Waals surface area contributed by atoms with Crippen LogP contribution < -0.4 is 5.43 Å². The van der Waals surface area contributed by atoms with Crippen LogP contribution in [0.2, 0.25) is 5.02 Å². The Labute approximate surface area is 195 Å². The van der Waals surface area contributed by atoms with Crippen molar-refractivity contribution in [2.75, 3.05) is 0 Å². The Kier molecular flexibility index (Phi) is 5.23. The minimum Gasteiger partial charge on any atom is -0.456 e. The zero-order chi connectivity index (χ0) is 23.1. The van der Waals surface area contributed by atoms with E-state index in [0.29, 0.717) is 27.3 Å². The van der Waals surface area contributed by atoms with Gasteiger partial charge in [0.25, 0.3) is 0 Å². The lowest BCUT2D eigenvalue weighted by Crippen LogP contribution is -2.01. The van der Waals surface area contributed by atoms with Crippen molar-refractivity contribution in [1.29, 1.82) is 0 Å². The summed E-state index contributed by atoms with van der Waals surface area (Å²) >= 11 is 6.07. The van der Waals surface area contributed by atoms with Gasteiger partial charge in [0.1, 0.15) is 11.3 Å². The van der Waals surface area contributed by atoms with E-state index >= 15 is 0 Å². The number of benzene rings is 3. The van der Waals surface area contributed by atoms with Gasteiger partial charge in [-0.2, -0.15) is 0 Å². The van der Waals surface area contributed by atoms with Crippen molar-refractivity contribution < 1.29 is 9.21 Å². The fraction of sp³-hybridized carbons (Fsp3) is 0.0714. The number of halogens is 1. The molecule has 5 aromatic rings. The van der Waals surface area contributed by atoms with Crippen LogP contribution in [0.1, 0.15) is 34.3 Å². The van der Waals surface area contributed by atoms with Crippen molar-refractivity contribution in [3.63, 3.8) is 0 Å². The smallest absolute Gasteiger partial charge is 0.193 e. The highest BCUT2D eigenvalue weighted by molar-refractivity contribution is 6.30. The second-order valence-electron chi connectivity index (χ2n) is 7.95. The number of nitrogens with zero attached hydrogens (tertiary/aromatic N) is 1. The summed E-state index contributed by atoms with van der Waals surface area (Å²) < 4.78 is 8.03. The predicted octanol–water partition coefficient (Wildman–Crippen LogP) is 7.07. The van der Waals surface area contributed by atoms with Gasteiger partial charge in [0, 0.05) is 33.4 Å². The second-order valence-corrected chi connectivity index (χ2v) is 8.39. The summed E-state index contributed by atoms with van der Waals surface area (Å²) in [5.41, 5.74) is 4.34. The van der Waals surface area contributed by atoms with Crippen molar-refractivity contribution in [2.24, 2.45) is 0 Å². The molecule has 0 saturated heterocycles. The molecule has 3 aromatic carbocycles. The maximum absolute atomic E-state index is 13.0. The second kappa shape index (κ2) is 8.23. The van der Waals surface area contributed by atoms with Crippen LogP contribution in [-0.2, 0) is 0 Å². The highest BCUT2D eigenvalue weighted by Crippen LogP contribution is 2.33. The summed E-state index contributed by atoms with van der Waals surface area (Å²) in [4.78, 5) is 25.6. The van der Waals surface area contributed by atoms with E-state index in [1.807, 2.05) is 60.0 Å². The van der Waals surface area contributed by atoms with Gasteiger partial charge in [-0.3, -0.25) is 9.59 Å². The van der Waals surface area contributed by atoms with Gasteiger partial charge in [-0.15, -0.1) is 0 Å². The van der Waals surface area contributed by atoms with Gasteiger partial charge in [-0.1, -0.05) is 48.0 Å². The number of rotatable bonds is 4. The third-order valence-corrected chi connectivity index (χ3v) is 6.00. The summed E-state index contributed by atoms with van der Waals surface area (Å²) in [5, 5.41) is 1.83. The number of hydrogen-bond donors (Lipinski definition) is 0. The first-order chi connectivity index (χ1) is 15.9. The number of carbonyl (C=O) groups excluding carboxylic acids is 1. The van der Waals surface area contributed by atoms with E-state index in [4.69, 9.17) is 16.0 Å². The summed E-state index contributed by atoms with van der Waals surface area (Å²) in [7, 11) is 0. The van der Waals surface area contributed by atoms with Crippen molar-refractivity contribution in [1.82, 2.24) is 4.57 Å². The van der Waals surface area contributed by atoms with Gasteiger partial charge in [0.2, 0.25) is 0 Å². The standard InChI is InChI=1S/C28H20ClNO3/c1-17-28(18(2)31)23-16-27-24(15-25(23)30(17)21-11-9-20(29)10-12-21)26(32)14-22(33-27)13-8-19-6-4-3-5-7-19/h3-16H,1-2H3/b13-8-. The molecule has 2 heterocycles. The third-order valence-electron chi connectivity index (χ3n) is 5.75. The molecule has 0 radical (unpaired) electrons. The van der Waals surface area contributed by atoms with E-state index in [1.54, 1.807) is 37.3 Å². The minimum atomic E-state index is -0.142. The van der Waals surface area contributed by atoms with Crippen LogP contribution in [0.5, 0.6) is 0 Å². The van der Waals surface area contributed by atoms with E-state index < -0.39 is 0 Å². The SMILES string of the molecule is CC(=O)c1c(C)n(-c2ccc(Cl)cc2)c2cc3c(=O)cc(/C=C\c4ccccc4)oc3cc12. The van der Waals surface area contributed by atoms with Gasteiger partial charge in [-0.25, -0.2) is 0 Å². The van der Waals surface area contributed by atoms with Crippen LogP contribution in [0, 0.1) is 6.92 Å². The quantitative estimate of drug-likeness (QED) is 0.273. The van der Waals surface area contributed by atoms with E-state index in [2.05, 4.69) is 0 Å². The molecule has 0 fully saturated rings. The van der Waals surface area contributed by atoms with Crippen LogP contribution in [-0.4, -0.2) is 10.4 Å². The maximum Gasteiger partial charge on any atom is 0.193 e. The van der Waals surface area contributed by atoms with Crippen LogP contribution in [0.25, 0.3) is 39.7 Å². The number of ketones is 1. The largest absolute Gasteiger partial charge is 0.456 e. The van der Waals surface area contributed by atoms with Crippen molar-refractivity contribution >= 4 is 51.4 Å². The first-order valence-corrected chi connectivity index (χ1v) is 10.9. The number of Topliss-reactive ketones (excluding diaryl/α,β-unsaturated/α-hetero) is 1. The molecule has 0 atom stereocenters. The van der Waals surface area contributed by atoms with Crippen molar-refractivity contribution in [3.8, 4) is 5.69 Å². The molecule has 5 heteroatoms. The molecule has 0 saturated carbocycles. The molecule has 0 amide bonds. The van der Waals surface area contributed by atoms with Gasteiger partial charge < -0.3 is 8.98 Å². The zero-order valence-corrected chi connectivity index (χ0v) is 18.9. The average Bonchev–Trinajstić information content (AvgIpc) is 3.09. The molecular formula is C28H20ClNO3. The Bertz CT molecular complexity index is 1610. The zero-order valence-electron chi connectivity index (χ0n) is 18.1. The fourth-order valence-corrected chi connectivity index (χ4v) is 4.40. The highest BCUT2D eigenvalue weighted by Gasteiger charge is 2.20. The van der Waals surface area contributed by atoms with Gasteiger partial charge in [0.15, 0.2) is 11.2 Å². The molecule has 162 valence electrons. The van der Waals surface area contributed by atoms with Crippen LogP contribution in [0.15, 0.2) is 82.0 Å². The van der Waals surface area contributed by atoms with E-state index in [-0.39, 0.29) is 11.2 Å². The van der Waals surface area contributed by atoms with E-state index in [9.17, 15) is 9.59 Å². The number of aromatic nitrogens is 1. The molecule has 33 heavy (non-hydrogen) atoms.